The van der Waals surface area contributed by atoms with Crippen molar-refractivity contribution in [1.82, 2.24) is 0 Å². The van der Waals surface area contributed by atoms with Crippen molar-refractivity contribution >= 4 is 5.97 Å². The van der Waals surface area contributed by atoms with E-state index < -0.39 is 40.8 Å². The molecule has 1 aromatic carbocycles. The second-order valence-corrected chi connectivity index (χ2v) is 3.10. The molecule has 0 aliphatic rings. The predicted octanol–water partition coefficient (Wildman–Crippen LogP) is 0.0216. The molecule has 0 saturated heterocycles. The molecule has 0 spiro atoms. The lowest BCUT2D eigenvalue weighted by atomic mass is 10.0. The summed E-state index contributed by atoms with van der Waals surface area (Å²) >= 11 is 0. The molecule has 94 valence electrons. The van der Waals surface area contributed by atoms with Gasteiger partial charge in [-0.1, -0.05) is 6.07 Å². The minimum Gasteiger partial charge on any atom is -0.504 e. The minimum atomic E-state index is -3.08. The molecule has 1 aromatic rings. The van der Waals surface area contributed by atoms with Crippen molar-refractivity contribution in [2.24, 2.45) is 5.72 Å². The zero-order chi connectivity index (χ0) is 17.1. The number of carbonyl (C=O) groups excluding carboxylic acids is 1. The van der Waals surface area contributed by atoms with Gasteiger partial charge in [-0.15, -0.1) is 0 Å². The summed E-state index contributed by atoms with van der Waals surface area (Å²) in [5, 5.41) is 22.9. The third-order valence-corrected chi connectivity index (χ3v) is 1.92. The topological polar surface area (TPSA) is 113 Å². The number of hydrogen-bond donors (Lipinski definition) is 4. The lowest BCUT2D eigenvalue weighted by molar-refractivity contribution is -0.147. The van der Waals surface area contributed by atoms with Crippen LogP contribution in [0.3, 0.4) is 0 Å². The Bertz CT molecular complexity index is 560. The van der Waals surface area contributed by atoms with E-state index in [0.29, 0.717) is 0 Å². The van der Waals surface area contributed by atoms with Crippen LogP contribution in [0.25, 0.3) is 0 Å². The van der Waals surface area contributed by atoms with E-state index in [1.54, 1.807) is 0 Å². The number of phenolic OH excluding ortho intramolecular Hbond substituents is 2. The summed E-state index contributed by atoms with van der Waals surface area (Å²) in [5.74, 6) is -2.66. The van der Waals surface area contributed by atoms with Crippen LogP contribution in [-0.2, 0) is 9.53 Å². The van der Waals surface area contributed by atoms with Gasteiger partial charge in [-0.2, -0.15) is 0 Å². The summed E-state index contributed by atoms with van der Waals surface area (Å²) in [7, 11) is 0. The Morgan fingerprint density at radius 1 is 1.65 bits per heavy atom. The molecular weight excluding hydrogens is 226 g/mol. The molecule has 0 aliphatic heterocycles. The van der Waals surface area contributed by atoms with Crippen molar-refractivity contribution in [3.05, 3.63) is 23.8 Å². The molecule has 0 unspecified atom stereocenters. The summed E-state index contributed by atoms with van der Waals surface area (Å²) in [6, 6.07) is -0.309. The Labute approximate surface area is 105 Å². The molecule has 0 radical (unpaired) electrons. The second kappa shape index (κ2) is 5.51. The van der Waals surface area contributed by atoms with E-state index in [4.69, 9.17) is 7.00 Å². The van der Waals surface area contributed by atoms with E-state index >= 15 is 0 Å². The first-order valence-electron chi connectivity index (χ1n) is 7.07. The monoisotopic (exact) mass is 246 g/mol. The third kappa shape index (κ3) is 3.08. The van der Waals surface area contributed by atoms with Gasteiger partial charge < -0.3 is 25.8 Å². The van der Waals surface area contributed by atoms with Crippen molar-refractivity contribution in [3.63, 3.8) is 0 Å². The zero-order valence-electron chi connectivity index (χ0n) is 14.0. The van der Waals surface area contributed by atoms with E-state index in [1.807, 2.05) is 0 Å². The molecule has 0 aromatic heterocycles. The lowest BCUT2D eigenvalue weighted by Crippen LogP contribution is -2.38. The highest BCUT2D eigenvalue weighted by Crippen LogP contribution is 2.28. The van der Waals surface area contributed by atoms with Gasteiger partial charge in [-0.3, -0.25) is 4.79 Å². The van der Waals surface area contributed by atoms with Crippen LogP contribution < -0.4 is 5.72 Å². The van der Waals surface area contributed by atoms with Gasteiger partial charge in [0.15, 0.2) is 11.5 Å². The highest BCUT2D eigenvalue weighted by Gasteiger charge is 2.25. The molecule has 0 saturated carbocycles. The van der Waals surface area contributed by atoms with E-state index in [1.165, 1.54) is 6.92 Å². The minimum absolute atomic E-state index is 0.178. The zero-order valence-corrected chi connectivity index (χ0v) is 9.01. The Balaban J connectivity index is 3.50. The fourth-order valence-corrected chi connectivity index (χ4v) is 1.09. The van der Waals surface area contributed by atoms with Crippen molar-refractivity contribution in [2.45, 2.75) is 19.0 Å². The number of benzene rings is 1. The second-order valence-electron chi connectivity index (χ2n) is 3.10. The standard InChI is InChI=1S/C11H15NO5/c1-2-17-11(16)9(12)10(15)6-3-4-7(13)8(14)5-6/h3-5,9-10,13-15H,2,12H2,1H3/t9-,10-/m1/s1/i9D,10D,15D/hD2. The summed E-state index contributed by atoms with van der Waals surface area (Å²) in [6.07, 6.45) is -2.89. The fraction of sp³-hybridized carbons (Fsp3) is 0.364. The Kier molecular flexibility index (Phi) is 2.44. The third-order valence-electron chi connectivity index (χ3n) is 1.92. The number of hydrogen-bond acceptors (Lipinski definition) is 6. The maximum absolute atomic E-state index is 12.0. The summed E-state index contributed by atoms with van der Waals surface area (Å²) in [4.78, 5) is 12.0. The molecule has 6 heteroatoms. The maximum Gasteiger partial charge on any atom is 0.325 e. The van der Waals surface area contributed by atoms with Crippen LogP contribution in [0.2, 0.25) is 2.82 Å². The van der Waals surface area contributed by atoms with E-state index in [-0.39, 0.29) is 6.61 Å². The number of nitrogens with two attached hydrogens (primary N) is 1. The molecule has 0 aliphatic carbocycles. The van der Waals surface area contributed by atoms with Crippen LogP contribution in [0.5, 0.6) is 11.5 Å². The summed E-state index contributed by atoms with van der Waals surface area (Å²) in [6.45, 7) is 1.25. The molecule has 2 atom stereocenters. The van der Waals surface area contributed by atoms with Crippen LogP contribution in [0.4, 0.5) is 0 Å². The van der Waals surface area contributed by atoms with Crippen LogP contribution in [0.1, 0.15) is 21.3 Å². The lowest BCUT2D eigenvalue weighted by Gasteiger charge is -2.17. The Morgan fingerprint density at radius 2 is 2.41 bits per heavy atom. The molecule has 1 rings (SSSR count). The predicted molar refractivity (Wildman–Crippen MR) is 59.3 cm³/mol. The first kappa shape index (κ1) is 7.52. The quantitative estimate of drug-likeness (QED) is 0.416. The SMILES string of the molecule is [2H]O[C@]([2H])(c1ccc(O)c(O)c1)[C@]([2H])(C(=O)OCC)N([2H])[2H]. The summed E-state index contributed by atoms with van der Waals surface area (Å²) < 4.78 is 42.2. The molecular formula is C11H15NO5. The molecule has 17 heavy (non-hydrogen) atoms. The van der Waals surface area contributed by atoms with Crippen LogP contribution in [-0.4, -0.2) is 35.3 Å². The maximum atomic E-state index is 12.0. The van der Waals surface area contributed by atoms with Gasteiger partial charge in [0, 0.05) is 0 Å². The number of aromatic hydroxyl groups is 2. The average molecular weight is 246 g/mol. The average Bonchev–Trinajstić information content (AvgIpc) is 2.48. The van der Waals surface area contributed by atoms with E-state index in [2.05, 4.69) is 9.85 Å². The summed E-state index contributed by atoms with van der Waals surface area (Å²) in [5.41, 5.74) is -0.818. The normalized spacial score (nSPS) is 22.1. The molecule has 5 N–H and O–H groups in total. The molecule has 0 fully saturated rings. The number of esters is 1. The van der Waals surface area contributed by atoms with Crippen molar-refractivity contribution in [2.75, 3.05) is 6.61 Å². The first-order valence-corrected chi connectivity index (χ1v) is 4.77. The fourth-order valence-electron chi connectivity index (χ4n) is 1.09. The van der Waals surface area contributed by atoms with Gasteiger partial charge in [0.1, 0.15) is 14.9 Å². The number of carbonyl (C=O) groups is 1. The van der Waals surface area contributed by atoms with Gasteiger partial charge in [0.05, 0.1) is 9.35 Å². The Hall–Kier alpha value is -1.79. The van der Waals surface area contributed by atoms with E-state index in [9.17, 15) is 15.0 Å². The number of ether oxygens (including phenoxy) is 1. The van der Waals surface area contributed by atoms with Gasteiger partial charge >= 0.3 is 5.97 Å². The van der Waals surface area contributed by atoms with Crippen LogP contribution >= 0.6 is 0 Å². The van der Waals surface area contributed by atoms with Crippen molar-refractivity contribution < 1.29 is 30.4 Å². The highest BCUT2D eigenvalue weighted by molar-refractivity contribution is 5.76. The van der Waals surface area contributed by atoms with Gasteiger partial charge in [0.25, 0.3) is 0 Å². The molecule has 0 bridgehead atoms. The van der Waals surface area contributed by atoms with E-state index in [0.717, 1.165) is 18.2 Å². The highest BCUT2D eigenvalue weighted by atomic mass is 16.5. The molecule has 0 heterocycles. The number of rotatable bonds is 6. The number of aliphatic hydroxyl groups is 1. The van der Waals surface area contributed by atoms with Crippen molar-refractivity contribution in [1.29, 1.82) is 1.43 Å². The number of phenols is 2. The molecule has 0 amide bonds. The van der Waals surface area contributed by atoms with Gasteiger partial charge in [0.2, 0.25) is 1.43 Å². The van der Waals surface area contributed by atoms with Crippen LogP contribution in [0.15, 0.2) is 18.2 Å². The molecule has 6 nitrogen and oxygen atoms in total. The largest absolute Gasteiger partial charge is 0.504 e. The van der Waals surface area contributed by atoms with Crippen LogP contribution in [0, 0.1) is 0 Å². The Morgan fingerprint density at radius 3 is 2.94 bits per heavy atom. The smallest absolute Gasteiger partial charge is 0.325 e. The first-order chi connectivity index (χ1) is 10.1. The van der Waals surface area contributed by atoms with Gasteiger partial charge in [-0.05, 0) is 24.6 Å². The van der Waals surface area contributed by atoms with Gasteiger partial charge in [-0.25, -0.2) is 0 Å². The van der Waals surface area contributed by atoms with Crippen molar-refractivity contribution in [3.8, 4) is 11.5 Å².